The summed E-state index contributed by atoms with van der Waals surface area (Å²) in [7, 11) is 0. The van der Waals surface area contributed by atoms with Gasteiger partial charge < -0.3 is 5.32 Å². The number of nitrogens with zero attached hydrogens (tertiary/aromatic N) is 2. The molecular weight excluding hydrogens is 294 g/mol. The lowest BCUT2D eigenvalue weighted by Gasteiger charge is -2.09. The highest BCUT2D eigenvalue weighted by molar-refractivity contribution is 5.37. The van der Waals surface area contributed by atoms with Gasteiger partial charge in [-0.15, -0.1) is 0 Å². The highest BCUT2D eigenvalue weighted by atomic mass is 15.3. The quantitative estimate of drug-likeness (QED) is 0.755. The van der Waals surface area contributed by atoms with E-state index in [9.17, 15) is 0 Å². The number of para-hydroxylation sites is 1. The molecule has 0 fully saturated rings. The number of hydrogen-bond acceptors (Lipinski definition) is 2. The Bertz CT molecular complexity index is 832. The van der Waals surface area contributed by atoms with Crippen LogP contribution < -0.4 is 5.32 Å². The molecule has 3 aromatic rings. The molecule has 124 valence electrons. The Labute approximate surface area is 144 Å². The molecule has 0 radical (unpaired) electrons. The molecule has 0 aliphatic rings. The topological polar surface area (TPSA) is 29.9 Å². The third-order valence-corrected chi connectivity index (χ3v) is 4.56. The summed E-state index contributed by atoms with van der Waals surface area (Å²) in [5.41, 5.74) is 8.69. The molecule has 0 aliphatic carbocycles. The second-order valence-electron chi connectivity index (χ2n) is 6.43. The van der Waals surface area contributed by atoms with Crippen molar-refractivity contribution in [3.63, 3.8) is 0 Å². The molecular formula is C21H25N3. The first-order chi connectivity index (χ1) is 11.6. The van der Waals surface area contributed by atoms with E-state index in [-0.39, 0.29) is 0 Å². The van der Waals surface area contributed by atoms with Gasteiger partial charge >= 0.3 is 0 Å². The molecule has 0 bridgehead atoms. The van der Waals surface area contributed by atoms with Crippen LogP contribution in [0, 0.1) is 27.7 Å². The van der Waals surface area contributed by atoms with E-state index >= 15 is 0 Å². The second kappa shape index (κ2) is 7.02. The summed E-state index contributed by atoms with van der Waals surface area (Å²) in [6.07, 6.45) is 0. The van der Waals surface area contributed by atoms with Crippen LogP contribution in [0.15, 0.2) is 48.5 Å². The fourth-order valence-electron chi connectivity index (χ4n) is 3.12. The molecule has 1 heterocycles. The third kappa shape index (κ3) is 3.41. The Balaban J connectivity index is 1.73. The molecule has 0 spiro atoms. The molecule has 1 aromatic heterocycles. The van der Waals surface area contributed by atoms with E-state index in [0.717, 1.165) is 24.5 Å². The Morgan fingerprint density at radius 1 is 0.917 bits per heavy atom. The van der Waals surface area contributed by atoms with Gasteiger partial charge in [0.25, 0.3) is 0 Å². The molecule has 0 saturated carbocycles. The predicted octanol–water partition coefficient (Wildman–Crippen LogP) is 4.40. The summed E-state index contributed by atoms with van der Waals surface area (Å²) < 4.78 is 2.03. The second-order valence-corrected chi connectivity index (χ2v) is 6.43. The van der Waals surface area contributed by atoms with Crippen LogP contribution in [-0.2, 0) is 13.1 Å². The summed E-state index contributed by atoms with van der Waals surface area (Å²) in [4.78, 5) is 0. The van der Waals surface area contributed by atoms with Crippen LogP contribution in [0.25, 0.3) is 5.69 Å². The third-order valence-electron chi connectivity index (χ3n) is 4.56. The van der Waals surface area contributed by atoms with Crippen LogP contribution >= 0.6 is 0 Å². The summed E-state index contributed by atoms with van der Waals surface area (Å²) in [5.74, 6) is 0. The Hall–Kier alpha value is -2.39. The summed E-state index contributed by atoms with van der Waals surface area (Å²) >= 11 is 0. The van der Waals surface area contributed by atoms with Crippen LogP contribution in [0.5, 0.6) is 0 Å². The molecule has 2 aromatic carbocycles. The van der Waals surface area contributed by atoms with Crippen molar-refractivity contribution in [1.29, 1.82) is 0 Å². The molecule has 3 heteroatoms. The van der Waals surface area contributed by atoms with Gasteiger partial charge in [-0.25, -0.2) is 4.68 Å². The zero-order valence-corrected chi connectivity index (χ0v) is 14.9. The molecule has 0 unspecified atom stereocenters. The number of aryl methyl sites for hydroxylation is 3. The predicted molar refractivity (Wildman–Crippen MR) is 99.5 cm³/mol. The molecule has 0 saturated heterocycles. The van der Waals surface area contributed by atoms with Gasteiger partial charge in [0.1, 0.15) is 0 Å². The van der Waals surface area contributed by atoms with Crippen molar-refractivity contribution < 1.29 is 0 Å². The highest BCUT2D eigenvalue weighted by Gasteiger charge is 2.12. The molecule has 24 heavy (non-hydrogen) atoms. The smallest absolute Gasteiger partial charge is 0.0648 e. The number of benzene rings is 2. The average Bonchev–Trinajstić information content (AvgIpc) is 2.85. The lowest BCUT2D eigenvalue weighted by atomic mass is 10.1. The monoisotopic (exact) mass is 319 g/mol. The molecule has 3 nitrogen and oxygen atoms in total. The molecule has 0 aliphatic heterocycles. The maximum Gasteiger partial charge on any atom is 0.0648 e. The zero-order valence-electron chi connectivity index (χ0n) is 14.9. The van der Waals surface area contributed by atoms with Gasteiger partial charge in [0.05, 0.1) is 11.4 Å². The first kappa shape index (κ1) is 16.5. The first-order valence-electron chi connectivity index (χ1n) is 8.43. The standard InChI is InChI=1S/C21H25N3/c1-15-10-11-19(16(2)12-15)13-22-14-21-17(3)23-24(18(21)4)20-8-6-5-7-9-20/h5-12,22H,13-14H2,1-4H3. The first-order valence-corrected chi connectivity index (χ1v) is 8.43. The highest BCUT2D eigenvalue weighted by Crippen LogP contribution is 2.18. The van der Waals surface area contributed by atoms with E-state index in [1.165, 1.54) is 27.9 Å². The zero-order chi connectivity index (χ0) is 17.1. The van der Waals surface area contributed by atoms with Crippen molar-refractivity contribution in [3.05, 3.63) is 82.2 Å². The van der Waals surface area contributed by atoms with Crippen molar-refractivity contribution >= 4 is 0 Å². The van der Waals surface area contributed by atoms with Crippen molar-refractivity contribution in [2.24, 2.45) is 0 Å². The molecule has 0 atom stereocenters. The maximum absolute atomic E-state index is 4.71. The SMILES string of the molecule is Cc1ccc(CNCc2c(C)nn(-c3ccccc3)c2C)c(C)c1. The number of hydrogen-bond donors (Lipinski definition) is 1. The van der Waals surface area contributed by atoms with Crippen LogP contribution in [-0.4, -0.2) is 9.78 Å². The summed E-state index contributed by atoms with van der Waals surface area (Å²) in [5, 5.41) is 8.28. The minimum Gasteiger partial charge on any atom is -0.308 e. The molecule has 0 amide bonds. The van der Waals surface area contributed by atoms with Crippen molar-refractivity contribution in [2.45, 2.75) is 40.8 Å². The van der Waals surface area contributed by atoms with Crippen LogP contribution in [0.2, 0.25) is 0 Å². The van der Waals surface area contributed by atoms with Crippen LogP contribution in [0.4, 0.5) is 0 Å². The largest absolute Gasteiger partial charge is 0.308 e. The fourth-order valence-corrected chi connectivity index (χ4v) is 3.12. The normalized spacial score (nSPS) is 11.0. The van der Waals surface area contributed by atoms with Crippen molar-refractivity contribution in [1.82, 2.24) is 15.1 Å². The van der Waals surface area contributed by atoms with Crippen molar-refractivity contribution in [2.75, 3.05) is 0 Å². The Kier molecular flexibility index (Phi) is 4.81. The summed E-state index contributed by atoms with van der Waals surface area (Å²) in [6, 6.07) is 16.9. The maximum atomic E-state index is 4.71. The van der Waals surface area contributed by atoms with E-state index in [2.05, 4.69) is 63.3 Å². The van der Waals surface area contributed by atoms with Gasteiger partial charge in [-0.05, 0) is 51.0 Å². The van der Waals surface area contributed by atoms with Gasteiger partial charge in [-0.2, -0.15) is 5.10 Å². The number of nitrogens with one attached hydrogen (secondary N) is 1. The fraction of sp³-hybridized carbons (Fsp3) is 0.286. The van der Waals surface area contributed by atoms with Gasteiger partial charge in [0.2, 0.25) is 0 Å². The minimum absolute atomic E-state index is 0.831. The lowest BCUT2D eigenvalue weighted by Crippen LogP contribution is -2.14. The molecule has 3 rings (SSSR count). The van der Waals surface area contributed by atoms with Crippen LogP contribution in [0.1, 0.15) is 33.6 Å². The summed E-state index contributed by atoms with van der Waals surface area (Å²) in [6.45, 7) is 10.2. The van der Waals surface area contributed by atoms with E-state index in [1.54, 1.807) is 0 Å². The van der Waals surface area contributed by atoms with E-state index < -0.39 is 0 Å². The van der Waals surface area contributed by atoms with Crippen LogP contribution in [0.3, 0.4) is 0 Å². The van der Waals surface area contributed by atoms with Gasteiger partial charge in [-0.3, -0.25) is 0 Å². The van der Waals surface area contributed by atoms with Crippen molar-refractivity contribution in [3.8, 4) is 5.69 Å². The van der Waals surface area contributed by atoms with E-state index in [4.69, 9.17) is 5.10 Å². The van der Waals surface area contributed by atoms with E-state index in [1.807, 2.05) is 22.9 Å². The Morgan fingerprint density at radius 2 is 1.67 bits per heavy atom. The van der Waals surface area contributed by atoms with Gasteiger partial charge in [-0.1, -0.05) is 42.0 Å². The number of aromatic nitrogens is 2. The minimum atomic E-state index is 0.831. The Morgan fingerprint density at radius 3 is 2.38 bits per heavy atom. The van der Waals surface area contributed by atoms with Gasteiger partial charge in [0.15, 0.2) is 0 Å². The number of rotatable bonds is 5. The lowest BCUT2D eigenvalue weighted by molar-refractivity contribution is 0.684. The average molecular weight is 319 g/mol. The molecule has 1 N–H and O–H groups in total. The van der Waals surface area contributed by atoms with E-state index in [0.29, 0.717) is 0 Å². The van der Waals surface area contributed by atoms with Gasteiger partial charge in [0, 0.05) is 24.3 Å².